The van der Waals surface area contributed by atoms with Crippen LogP contribution >= 0.6 is 0 Å². The van der Waals surface area contributed by atoms with Crippen molar-refractivity contribution in [3.05, 3.63) is 54.0 Å². The van der Waals surface area contributed by atoms with Gasteiger partial charge in [0.2, 0.25) is 0 Å². The van der Waals surface area contributed by atoms with Gasteiger partial charge in [-0.15, -0.1) is 0 Å². The fourth-order valence-corrected chi connectivity index (χ4v) is 3.02. The number of amides is 1. The van der Waals surface area contributed by atoms with Crippen molar-refractivity contribution < 1.29 is 9.18 Å². The summed E-state index contributed by atoms with van der Waals surface area (Å²) in [5, 5.41) is 2.93. The Bertz CT molecular complexity index is 719. The molecule has 1 unspecified atom stereocenters. The number of benzene rings is 1. The summed E-state index contributed by atoms with van der Waals surface area (Å²) < 4.78 is 14.0. The van der Waals surface area contributed by atoms with Crippen LogP contribution in [0.3, 0.4) is 0 Å². The largest absolute Gasteiger partial charge is 0.373 e. The minimum atomic E-state index is -0.226. The first-order valence-electron chi connectivity index (χ1n) is 8.04. The zero-order valence-electron chi connectivity index (χ0n) is 13.9. The van der Waals surface area contributed by atoms with Gasteiger partial charge >= 0.3 is 0 Å². The molecule has 1 amide bonds. The number of halogens is 1. The summed E-state index contributed by atoms with van der Waals surface area (Å²) in [7, 11) is 1.79. The molecule has 1 aliphatic rings. The van der Waals surface area contributed by atoms with Crippen molar-refractivity contribution in [3.8, 4) is 0 Å². The first-order valence-corrected chi connectivity index (χ1v) is 8.04. The lowest BCUT2D eigenvalue weighted by atomic mass is 10.1. The van der Waals surface area contributed by atoms with Gasteiger partial charge in [0, 0.05) is 38.9 Å². The maximum atomic E-state index is 14.0. The highest BCUT2D eigenvalue weighted by Gasteiger charge is 2.29. The third-order valence-electron chi connectivity index (χ3n) is 4.35. The molecule has 126 valence electrons. The summed E-state index contributed by atoms with van der Waals surface area (Å²) in [6.07, 6.45) is 1.59. The zero-order chi connectivity index (χ0) is 17.1. The highest BCUT2D eigenvalue weighted by Crippen LogP contribution is 2.23. The Balaban J connectivity index is 1.71. The molecule has 3 rings (SSSR count). The lowest BCUT2D eigenvalue weighted by Crippen LogP contribution is -2.54. The molecule has 1 N–H and O–H groups in total. The minimum Gasteiger partial charge on any atom is -0.373 e. The smallest absolute Gasteiger partial charge is 0.255 e. The number of carbonyl (C=O) groups excluding carboxylic acids is 1. The first-order chi connectivity index (χ1) is 11.6. The third-order valence-corrected chi connectivity index (χ3v) is 4.35. The van der Waals surface area contributed by atoms with Gasteiger partial charge in [0.1, 0.15) is 11.6 Å². The number of para-hydroxylation sites is 1. The first kappa shape index (κ1) is 16.2. The number of aromatic nitrogens is 1. The summed E-state index contributed by atoms with van der Waals surface area (Å²) in [4.78, 5) is 20.7. The number of nitrogens with one attached hydrogen (secondary N) is 1. The van der Waals surface area contributed by atoms with Gasteiger partial charge in [0.15, 0.2) is 0 Å². The molecular weight excluding hydrogens is 307 g/mol. The molecule has 2 heterocycles. The number of hydrogen-bond donors (Lipinski definition) is 1. The van der Waals surface area contributed by atoms with Crippen LogP contribution in [0.25, 0.3) is 0 Å². The molecular formula is C18H21FN4O. The fourth-order valence-electron chi connectivity index (χ4n) is 3.02. The van der Waals surface area contributed by atoms with Crippen molar-refractivity contribution in [1.29, 1.82) is 0 Å². The van der Waals surface area contributed by atoms with Gasteiger partial charge in [-0.3, -0.25) is 4.79 Å². The highest BCUT2D eigenvalue weighted by molar-refractivity contribution is 5.94. The molecule has 1 fully saturated rings. The number of piperazine rings is 1. The van der Waals surface area contributed by atoms with Crippen LogP contribution in [-0.4, -0.2) is 48.5 Å². The molecule has 1 atom stereocenters. The molecule has 0 radical (unpaired) electrons. The van der Waals surface area contributed by atoms with Crippen LogP contribution in [-0.2, 0) is 0 Å². The molecule has 2 aromatic rings. The number of rotatable bonds is 3. The number of hydrogen-bond acceptors (Lipinski definition) is 4. The highest BCUT2D eigenvalue weighted by atomic mass is 19.1. The van der Waals surface area contributed by atoms with Gasteiger partial charge in [-0.2, -0.15) is 0 Å². The van der Waals surface area contributed by atoms with Gasteiger partial charge < -0.3 is 15.1 Å². The topological polar surface area (TPSA) is 48.5 Å². The van der Waals surface area contributed by atoms with E-state index >= 15 is 0 Å². The average Bonchev–Trinajstić information content (AvgIpc) is 2.61. The van der Waals surface area contributed by atoms with E-state index in [1.807, 2.05) is 22.8 Å². The Kier molecular flexibility index (Phi) is 4.64. The minimum absolute atomic E-state index is 0.00478. The van der Waals surface area contributed by atoms with E-state index in [1.54, 1.807) is 37.5 Å². The second-order valence-electron chi connectivity index (χ2n) is 5.93. The molecule has 0 bridgehead atoms. The van der Waals surface area contributed by atoms with Crippen molar-refractivity contribution in [2.45, 2.75) is 13.0 Å². The van der Waals surface area contributed by atoms with E-state index in [9.17, 15) is 9.18 Å². The third kappa shape index (κ3) is 3.18. The second-order valence-corrected chi connectivity index (χ2v) is 5.93. The SMILES string of the molecule is CNc1ccc(C(=O)N2CCN(c3ccccc3F)CC2C)cn1. The lowest BCUT2D eigenvalue weighted by molar-refractivity contribution is 0.0673. The quantitative estimate of drug-likeness (QED) is 0.941. The molecule has 0 saturated carbocycles. The maximum absolute atomic E-state index is 14.0. The number of carbonyl (C=O) groups is 1. The maximum Gasteiger partial charge on any atom is 0.255 e. The predicted molar refractivity (Wildman–Crippen MR) is 92.9 cm³/mol. The van der Waals surface area contributed by atoms with E-state index in [0.717, 1.165) is 5.82 Å². The van der Waals surface area contributed by atoms with Gasteiger partial charge in [0.25, 0.3) is 5.91 Å². The molecule has 0 spiro atoms. The number of nitrogens with zero attached hydrogens (tertiary/aromatic N) is 3. The summed E-state index contributed by atoms with van der Waals surface area (Å²) in [6, 6.07) is 10.3. The van der Waals surface area contributed by atoms with Crippen LogP contribution in [0, 0.1) is 5.82 Å². The van der Waals surface area contributed by atoms with Crippen LogP contribution in [0.4, 0.5) is 15.9 Å². The Hall–Kier alpha value is -2.63. The van der Waals surface area contributed by atoms with Crippen molar-refractivity contribution in [2.75, 3.05) is 36.9 Å². The van der Waals surface area contributed by atoms with E-state index in [4.69, 9.17) is 0 Å². The Morgan fingerprint density at radius 2 is 2.04 bits per heavy atom. The molecule has 24 heavy (non-hydrogen) atoms. The second kappa shape index (κ2) is 6.86. The summed E-state index contributed by atoms with van der Waals surface area (Å²) in [5.41, 5.74) is 1.16. The summed E-state index contributed by atoms with van der Waals surface area (Å²) in [5.74, 6) is 0.464. The van der Waals surface area contributed by atoms with Crippen LogP contribution in [0.15, 0.2) is 42.6 Å². The molecule has 5 nitrogen and oxygen atoms in total. The van der Waals surface area contributed by atoms with E-state index in [-0.39, 0.29) is 17.8 Å². The predicted octanol–water partition coefficient (Wildman–Crippen LogP) is 2.61. The van der Waals surface area contributed by atoms with Gasteiger partial charge in [-0.1, -0.05) is 12.1 Å². The fraction of sp³-hybridized carbons (Fsp3) is 0.333. The zero-order valence-corrected chi connectivity index (χ0v) is 13.9. The van der Waals surface area contributed by atoms with E-state index < -0.39 is 0 Å². The summed E-state index contributed by atoms with van der Waals surface area (Å²) >= 11 is 0. The van der Waals surface area contributed by atoms with E-state index in [2.05, 4.69) is 10.3 Å². The van der Waals surface area contributed by atoms with Crippen molar-refractivity contribution in [3.63, 3.8) is 0 Å². The number of pyridine rings is 1. The Morgan fingerprint density at radius 1 is 1.25 bits per heavy atom. The van der Waals surface area contributed by atoms with E-state index in [0.29, 0.717) is 30.9 Å². The van der Waals surface area contributed by atoms with Crippen LogP contribution < -0.4 is 10.2 Å². The number of anilines is 2. The standard InChI is InChI=1S/C18H21FN4O/c1-13-12-22(16-6-4-3-5-15(16)19)9-10-23(13)18(24)14-7-8-17(20-2)21-11-14/h3-8,11,13H,9-10,12H2,1-2H3,(H,20,21). The van der Waals surface area contributed by atoms with Crippen LogP contribution in [0.1, 0.15) is 17.3 Å². The van der Waals surface area contributed by atoms with Crippen molar-refractivity contribution in [1.82, 2.24) is 9.88 Å². The van der Waals surface area contributed by atoms with Crippen molar-refractivity contribution in [2.24, 2.45) is 0 Å². The van der Waals surface area contributed by atoms with Crippen molar-refractivity contribution >= 4 is 17.4 Å². The monoisotopic (exact) mass is 328 g/mol. The molecule has 6 heteroatoms. The Labute approximate surface area is 141 Å². The van der Waals surface area contributed by atoms with Gasteiger partial charge in [-0.05, 0) is 31.2 Å². The molecule has 1 saturated heterocycles. The molecule has 1 aliphatic heterocycles. The van der Waals surface area contributed by atoms with E-state index in [1.165, 1.54) is 6.07 Å². The summed E-state index contributed by atoms with van der Waals surface area (Å²) in [6.45, 7) is 3.76. The molecule has 1 aromatic carbocycles. The van der Waals surface area contributed by atoms with Crippen LogP contribution in [0.2, 0.25) is 0 Å². The molecule has 0 aliphatic carbocycles. The normalized spacial score (nSPS) is 17.7. The van der Waals surface area contributed by atoms with Gasteiger partial charge in [0.05, 0.1) is 11.3 Å². The average molecular weight is 328 g/mol. The lowest BCUT2D eigenvalue weighted by Gasteiger charge is -2.41. The molecule has 1 aromatic heterocycles. The van der Waals surface area contributed by atoms with Gasteiger partial charge in [-0.25, -0.2) is 9.37 Å². The van der Waals surface area contributed by atoms with Crippen LogP contribution in [0.5, 0.6) is 0 Å². The Morgan fingerprint density at radius 3 is 2.67 bits per heavy atom.